The summed E-state index contributed by atoms with van der Waals surface area (Å²) in [5.74, 6) is -0.265. The van der Waals surface area contributed by atoms with E-state index in [9.17, 15) is 19.5 Å². The van der Waals surface area contributed by atoms with Gasteiger partial charge in [0.05, 0.1) is 15.7 Å². The molecule has 0 spiro atoms. The van der Waals surface area contributed by atoms with Gasteiger partial charge in [0.15, 0.2) is 0 Å². The fraction of sp³-hybridized carbons (Fsp3) is 0.304. The average molecular weight is 504 g/mol. The van der Waals surface area contributed by atoms with E-state index >= 15 is 0 Å². The summed E-state index contributed by atoms with van der Waals surface area (Å²) < 4.78 is 0. The molecule has 4 N–H and O–H groups in total. The Morgan fingerprint density at radius 2 is 1.82 bits per heavy atom. The van der Waals surface area contributed by atoms with Crippen molar-refractivity contribution in [1.29, 1.82) is 0 Å². The minimum Gasteiger partial charge on any atom is -0.465 e. The number of carbonyl (C=O) groups excluding carboxylic acids is 2. The molecule has 4 rings (SSSR count). The molecular weight excluding hydrogens is 481 g/mol. The van der Waals surface area contributed by atoms with Gasteiger partial charge in [0.1, 0.15) is 6.04 Å². The molecule has 3 amide bonds. The highest BCUT2D eigenvalue weighted by molar-refractivity contribution is 6.39. The highest BCUT2D eigenvalue weighted by Gasteiger charge is 2.55. The number of hydrogen-bond acceptors (Lipinski definition) is 4. The Hall–Kier alpha value is -3.30. The maximum Gasteiger partial charge on any atom is 0.411 e. The summed E-state index contributed by atoms with van der Waals surface area (Å²) in [5, 5.41) is 17.2. The highest BCUT2D eigenvalue weighted by Crippen LogP contribution is 2.51. The summed E-state index contributed by atoms with van der Waals surface area (Å²) in [6.07, 6.45) is -0.395. The van der Waals surface area contributed by atoms with Crippen LogP contribution in [-0.2, 0) is 16.1 Å². The second kappa shape index (κ2) is 9.90. The number of carboxylic acid groups (broad SMARTS) is 1. The van der Waals surface area contributed by atoms with E-state index in [0.29, 0.717) is 11.5 Å². The number of carbonyl (C=O) groups is 3. The molecule has 0 aromatic heterocycles. The van der Waals surface area contributed by atoms with Crippen molar-refractivity contribution in [3.63, 3.8) is 0 Å². The number of hydrogen-bond donors (Lipinski definition) is 4. The summed E-state index contributed by atoms with van der Waals surface area (Å²) in [4.78, 5) is 41.9. The monoisotopic (exact) mass is 503 g/mol. The van der Waals surface area contributed by atoms with Crippen molar-refractivity contribution in [2.24, 2.45) is 16.8 Å². The maximum absolute atomic E-state index is 13.1. The third-order valence-electron chi connectivity index (χ3n) is 5.80. The lowest BCUT2D eigenvalue weighted by atomic mass is 10.1. The van der Waals surface area contributed by atoms with Crippen LogP contribution in [0.2, 0.25) is 10.0 Å². The number of fused-ring (bicyclic) bond motifs is 1. The first-order valence-corrected chi connectivity index (χ1v) is 11.4. The van der Waals surface area contributed by atoms with E-state index in [0.717, 1.165) is 18.7 Å². The molecular formula is C23H23Cl2N5O4. The van der Waals surface area contributed by atoms with Crippen LogP contribution in [0.15, 0.2) is 47.5 Å². The second-order valence-electron chi connectivity index (χ2n) is 8.29. The SMILES string of the molecule is CC(=O)Nc1c(Cl)cc(CNC(=NC(=O)C2C3CC3CN2c2ccccc2)NC(=O)O)cc1Cl. The number of benzene rings is 2. The number of para-hydroxylation sites is 1. The second-order valence-corrected chi connectivity index (χ2v) is 9.10. The van der Waals surface area contributed by atoms with Crippen molar-refractivity contribution in [3.05, 3.63) is 58.1 Å². The number of nitrogens with zero attached hydrogens (tertiary/aromatic N) is 2. The normalized spacial score (nSPS) is 21.0. The van der Waals surface area contributed by atoms with Gasteiger partial charge in [-0.25, -0.2) is 4.79 Å². The predicted octanol–water partition coefficient (Wildman–Crippen LogP) is 3.72. The molecule has 11 heteroatoms. The average Bonchev–Trinajstić information content (AvgIpc) is 3.43. The maximum atomic E-state index is 13.1. The smallest absolute Gasteiger partial charge is 0.411 e. The number of nitrogens with one attached hydrogen (secondary N) is 3. The van der Waals surface area contributed by atoms with Crippen molar-refractivity contribution in [3.8, 4) is 0 Å². The summed E-state index contributed by atoms with van der Waals surface area (Å²) in [5.41, 5.74) is 1.83. The van der Waals surface area contributed by atoms with E-state index in [1.54, 1.807) is 12.1 Å². The number of aliphatic imine (C=N–C) groups is 1. The van der Waals surface area contributed by atoms with E-state index in [2.05, 4.69) is 20.9 Å². The van der Waals surface area contributed by atoms with Crippen LogP contribution in [0.4, 0.5) is 16.2 Å². The fourth-order valence-corrected chi connectivity index (χ4v) is 4.89. The Balaban J connectivity index is 1.51. The van der Waals surface area contributed by atoms with E-state index in [4.69, 9.17) is 23.2 Å². The van der Waals surface area contributed by atoms with E-state index in [1.807, 2.05) is 35.2 Å². The molecule has 3 unspecified atom stereocenters. The van der Waals surface area contributed by atoms with Crippen LogP contribution in [0, 0.1) is 11.8 Å². The molecule has 2 fully saturated rings. The zero-order chi connectivity index (χ0) is 24.4. The van der Waals surface area contributed by atoms with Crippen molar-refractivity contribution >= 4 is 58.4 Å². The van der Waals surface area contributed by atoms with Gasteiger partial charge in [-0.1, -0.05) is 41.4 Å². The Labute approximate surface area is 206 Å². The van der Waals surface area contributed by atoms with Gasteiger partial charge in [0.2, 0.25) is 11.9 Å². The standard InChI is InChI=1S/C23H23Cl2N5O4/c1-12(31)27-19-17(24)7-13(8-18(19)25)10-26-22(29-23(33)34)28-21(32)20-16-9-14(16)11-30(20)15-5-3-2-4-6-15/h2-8,14,16,20H,9-11H2,1H3,(H,27,31)(H,33,34)(H2,26,28,29,32). The third kappa shape index (κ3) is 5.43. The van der Waals surface area contributed by atoms with Crippen molar-refractivity contribution in [2.75, 3.05) is 16.8 Å². The van der Waals surface area contributed by atoms with Crippen molar-refractivity contribution in [2.45, 2.75) is 25.9 Å². The summed E-state index contributed by atoms with van der Waals surface area (Å²) in [6, 6.07) is 12.3. The van der Waals surface area contributed by atoms with Gasteiger partial charge in [-0.05, 0) is 48.1 Å². The number of amides is 3. The first-order valence-electron chi connectivity index (χ1n) is 10.7. The zero-order valence-corrected chi connectivity index (χ0v) is 19.7. The van der Waals surface area contributed by atoms with E-state index < -0.39 is 18.0 Å². The molecule has 9 nitrogen and oxygen atoms in total. The number of rotatable bonds is 5. The minimum absolute atomic E-state index is 0.0886. The van der Waals surface area contributed by atoms with Gasteiger partial charge < -0.3 is 20.6 Å². The lowest BCUT2D eigenvalue weighted by Crippen LogP contribution is -2.44. The molecule has 2 aliphatic rings. The van der Waals surface area contributed by atoms with Gasteiger partial charge in [0, 0.05) is 25.7 Å². The lowest BCUT2D eigenvalue weighted by molar-refractivity contribution is -0.119. The zero-order valence-electron chi connectivity index (χ0n) is 18.2. The van der Waals surface area contributed by atoms with Crippen LogP contribution < -0.4 is 20.9 Å². The minimum atomic E-state index is -1.35. The predicted molar refractivity (Wildman–Crippen MR) is 130 cm³/mol. The lowest BCUT2D eigenvalue weighted by Gasteiger charge is -2.27. The van der Waals surface area contributed by atoms with Crippen molar-refractivity contribution < 1.29 is 19.5 Å². The third-order valence-corrected chi connectivity index (χ3v) is 6.40. The van der Waals surface area contributed by atoms with Crippen LogP contribution in [0.25, 0.3) is 0 Å². The Morgan fingerprint density at radius 1 is 1.15 bits per heavy atom. The number of piperidine rings is 1. The summed E-state index contributed by atoms with van der Waals surface area (Å²) >= 11 is 12.4. The summed E-state index contributed by atoms with van der Waals surface area (Å²) in [6.45, 7) is 2.20. The Kier molecular flexibility index (Phi) is 6.95. The van der Waals surface area contributed by atoms with Crippen LogP contribution in [0.1, 0.15) is 18.9 Å². The number of guanidine groups is 1. The molecule has 1 saturated carbocycles. The van der Waals surface area contributed by atoms with Crippen LogP contribution in [-0.4, -0.2) is 41.6 Å². The van der Waals surface area contributed by atoms with E-state index in [1.165, 1.54) is 6.92 Å². The molecule has 3 atom stereocenters. The van der Waals surface area contributed by atoms with Gasteiger partial charge >= 0.3 is 6.09 Å². The molecule has 0 radical (unpaired) electrons. The molecule has 0 bridgehead atoms. The summed E-state index contributed by atoms with van der Waals surface area (Å²) in [7, 11) is 0. The molecule has 1 aliphatic heterocycles. The van der Waals surface area contributed by atoms with Crippen LogP contribution in [0.3, 0.4) is 0 Å². The molecule has 1 heterocycles. The fourth-order valence-electron chi connectivity index (χ4n) is 4.27. The van der Waals surface area contributed by atoms with Gasteiger partial charge in [-0.15, -0.1) is 0 Å². The van der Waals surface area contributed by atoms with Gasteiger partial charge in [-0.2, -0.15) is 4.99 Å². The topological polar surface area (TPSA) is 123 Å². The molecule has 1 aliphatic carbocycles. The molecule has 34 heavy (non-hydrogen) atoms. The molecule has 2 aromatic rings. The number of halogens is 2. The highest BCUT2D eigenvalue weighted by atomic mass is 35.5. The number of anilines is 2. The molecule has 1 saturated heterocycles. The largest absolute Gasteiger partial charge is 0.465 e. The van der Waals surface area contributed by atoms with Gasteiger partial charge in [-0.3, -0.25) is 14.9 Å². The quantitative estimate of drug-likeness (QED) is 0.364. The Bertz CT molecular complexity index is 1130. The first-order chi connectivity index (χ1) is 16.2. The molecule has 178 valence electrons. The first kappa shape index (κ1) is 23.8. The Morgan fingerprint density at radius 3 is 2.44 bits per heavy atom. The van der Waals surface area contributed by atoms with Crippen LogP contribution >= 0.6 is 23.2 Å². The van der Waals surface area contributed by atoms with Crippen LogP contribution in [0.5, 0.6) is 0 Å². The van der Waals surface area contributed by atoms with Gasteiger partial charge in [0.25, 0.3) is 5.91 Å². The van der Waals surface area contributed by atoms with E-state index in [-0.39, 0.29) is 40.1 Å². The van der Waals surface area contributed by atoms with Crippen molar-refractivity contribution in [1.82, 2.24) is 10.6 Å². The molecule has 2 aromatic carbocycles.